The summed E-state index contributed by atoms with van der Waals surface area (Å²) in [5.74, 6) is -0.275. The topological polar surface area (TPSA) is 32.3 Å². The Labute approximate surface area is 136 Å². The Kier molecular flexibility index (Phi) is 4.60. The van der Waals surface area contributed by atoms with Gasteiger partial charge in [0, 0.05) is 18.8 Å². The standard InChI is InChI=1S/C19H21FN2O/c1-14-4-9-18-16(11-14)3-2-10-22(18)13-19(23)21-12-15-5-7-17(20)8-6-15/h4-9,11H,2-3,10,12-13H2,1H3,(H,21,23). The number of carbonyl (C=O) groups excluding carboxylic acids is 1. The van der Waals surface area contributed by atoms with Crippen molar-refractivity contribution < 1.29 is 9.18 Å². The van der Waals surface area contributed by atoms with E-state index in [0.29, 0.717) is 13.1 Å². The molecule has 2 aromatic rings. The number of nitrogens with zero attached hydrogens (tertiary/aromatic N) is 1. The number of nitrogens with one attached hydrogen (secondary N) is 1. The zero-order chi connectivity index (χ0) is 16.2. The first kappa shape index (κ1) is 15.5. The van der Waals surface area contributed by atoms with Crippen LogP contribution in [0, 0.1) is 12.7 Å². The molecule has 3 rings (SSSR count). The lowest BCUT2D eigenvalue weighted by Crippen LogP contribution is -2.39. The number of benzene rings is 2. The number of carbonyl (C=O) groups is 1. The predicted molar refractivity (Wildman–Crippen MR) is 90.0 cm³/mol. The van der Waals surface area contributed by atoms with Gasteiger partial charge in [-0.1, -0.05) is 29.8 Å². The van der Waals surface area contributed by atoms with Gasteiger partial charge in [0.05, 0.1) is 6.54 Å². The molecule has 23 heavy (non-hydrogen) atoms. The minimum atomic E-state index is -0.264. The number of hydrogen-bond acceptors (Lipinski definition) is 2. The summed E-state index contributed by atoms with van der Waals surface area (Å²) in [5, 5.41) is 2.90. The molecule has 0 unspecified atom stereocenters. The summed E-state index contributed by atoms with van der Waals surface area (Å²) in [6.45, 7) is 3.78. The molecule has 0 atom stereocenters. The van der Waals surface area contributed by atoms with Crippen molar-refractivity contribution in [3.63, 3.8) is 0 Å². The zero-order valence-electron chi connectivity index (χ0n) is 13.3. The molecule has 1 aliphatic rings. The SMILES string of the molecule is Cc1ccc2c(c1)CCCN2CC(=O)NCc1ccc(F)cc1. The average molecular weight is 312 g/mol. The monoisotopic (exact) mass is 312 g/mol. The molecule has 1 N–H and O–H groups in total. The minimum Gasteiger partial charge on any atom is -0.362 e. The van der Waals surface area contributed by atoms with Gasteiger partial charge in [-0.2, -0.15) is 0 Å². The van der Waals surface area contributed by atoms with Gasteiger partial charge < -0.3 is 10.2 Å². The second-order valence-corrected chi connectivity index (χ2v) is 6.06. The quantitative estimate of drug-likeness (QED) is 0.940. The average Bonchev–Trinajstić information content (AvgIpc) is 2.54. The third kappa shape index (κ3) is 3.89. The molecule has 0 saturated carbocycles. The van der Waals surface area contributed by atoms with Gasteiger partial charge in [-0.15, -0.1) is 0 Å². The Balaban J connectivity index is 1.59. The maximum Gasteiger partial charge on any atom is 0.239 e. The van der Waals surface area contributed by atoms with Gasteiger partial charge in [-0.3, -0.25) is 4.79 Å². The summed E-state index contributed by atoms with van der Waals surface area (Å²) in [7, 11) is 0. The fourth-order valence-electron chi connectivity index (χ4n) is 3.00. The molecule has 1 aliphatic heterocycles. The highest BCUT2D eigenvalue weighted by Crippen LogP contribution is 2.27. The van der Waals surface area contributed by atoms with Gasteiger partial charge in [0.15, 0.2) is 0 Å². The van der Waals surface area contributed by atoms with E-state index in [-0.39, 0.29) is 11.7 Å². The Hall–Kier alpha value is -2.36. The first-order valence-electron chi connectivity index (χ1n) is 7.97. The van der Waals surface area contributed by atoms with E-state index in [2.05, 4.69) is 35.3 Å². The van der Waals surface area contributed by atoms with E-state index in [1.54, 1.807) is 12.1 Å². The van der Waals surface area contributed by atoms with Crippen molar-refractivity contribution in [2.75, 3.05) is 18.0 Å². The van der Waals surface area contributed by atoms with Crippen molar-refractivity contribution in [1.29, 1.82) is 0 Å². The van der Waals surface area contributed by atoms with Gasteiger partial charge in [0.1, 0.15) is 5.82 Å². The smallest absolute Gasteiger partial charge is 0.239 e. The summed E-state index contributed by atoms with van der Waals surface area (Å²) in [6.07, 6.45) is 2.15. The number of amides is 1. The molecule has 0 aliphatic carbocycles. The lowest BCUT2D eigenvalue weighted by Gasteiger charge is -2.31. The molecule has 1 heterocycles. The summed E-state index contributed by atoms with van der Waals surface area (Å²) >= 11 is 0. The van der Waals surface area contributed by atoms with Crippen LogP contribution in [0.5, 0.6) is 0 Å². The van der Waals surface area contributed by atoms with Gasteiger partial charge in [0.2, 0.25) is 5.91 Å². The molecule has 0 spiro atoms. The maximum absolute atomic E-state index is 12.9. The highest BCUT2D eigenvalue weighted by molar-refractivity contribution is 5.82. The fraction of sp³-hybridized carbons (Fsp3) is 0.316. The lowest BCUT2D eigenvalue weighted by molar-refractivity contribution is -0.119. The Morgan fingerprint density at radius 2 is 2.00 bits per heavy atom. The van der Waals surface area contributed by atoms with Crippen LogP contribution in [0.3, 0.4) is 0 Å². The first-order valence-corrected chi connectivity index (χ1v) is 7.97. The third-order valence-electron chi connectivity index (χ3n) is 4.19. The molecule has 3 nitrogen and oxygen atoms in total. The van der Waals surface area contributed by atoms with Crippen LogP contribution in [-0.2, 0) is 17.8 Å². The number of hydrogen-bond donors (Lipinski definition) is 1. The highest BCUT2D eigenvalue weighted by Gasteiger charge is 2.18. The molecule has 1 amide bonds. The van der Waals surface area contributed by atoms with Crippen LogP contribution in [0.1, 0.15) is 23.1 Å². The van der Waals surface area contributed by atoms with E-state index in [0.717, 1.165) is 24.9 Å². The Morgan fingerprint density at radius 1 is 1.22 bits per heavy atom. The molecule has 0 fully saturated rings. The van der Waals surface area contributed by atoms with Crippen molar-refractivity contribution >= 4 is 11.6 Å². The Bertz CT molecular complexity index is 697. The second-order valence-electron chi connectivity index (χ2n) is 6.06. The van der Waals surface area contributed by atoms with Crippen molar-refractivity contribution in [3.05, 3.63) is 65.0 Å². The molecule has 2 aromatic carbocycles. The van der Waals surface area contributed by atoms with E-state index in [9.17, 15) is 9.18 Å². The van der Waals surface area contributed by atoms with E-state index in [4.69, 9.17) is 0 Å². The first-order chi connectivity index (χ1) is 11.1. The van der Waals surface area contributed by atoms with Crippen LogP contribution in [0.2, 0.25) is 0 Å². The van der Waals surface area contributed by atoms with Gasteiger partial charge in [-0.25, -0.2) is 4.39 Å². The largest absolute Gasteiger partial charge is 0.362 e. The molecule has 0 bridgehead atoms. The van der Waals surface area contributed by atoms with Crippen molar-refractivity contribution in [1.82, 2.24) is 5.32 Å². The predicted octanol–water partition coefficient (Wildman–Crippen LogP) is 3.20. The fourth-order valence-corrected chi connectivity index (χ4v) is 3.00. The summed E-state index contributed by atoms with van der Waals surface area (Å²) in [5.41, 5.74) is 4.64. The van der Waals surface area contributed by atoms with E-state index < -0.39 is 0 Å². The van der Waals surface area contributed by atoms with Crippen LogP contribution in [0.4, 0.5) is 10.1 Å². The van der Waals surface area contributed by atoms with E-state index in [1.165, 1.54) is 28.9 Å². The third-order valence-corrected chi connectivity index (χ3v) is 4.19. The lowest BCUT2D eigenvalue weighted by atomic mass is 9.99. The minimum absolute atomic E-state index is 0.0113. The normalized spacial score (nSPS) is 13.6. The summed E-state index contributed by atoms with van der Waals surface area (Å²) in [6, 6.07) is 12.6. The van der Waals surface area contributed by atoms with Crippen LogP contribution >= 0.6 is 0 Å². The van der Waals surface area contributed by atoms with Crippen LogP contribution in [-0.4, -0.2) is 19.0 Å². The van der Waals surface area contributed by atoms with Crippen molar-refractivity contribution in [2.24, 2.45) is 0 Å². The van der Waals surface area contributed by atoms with E-state index >= 15 is 0 Å². The number of anilines is 1. The second kappa shape index (κ2) is 6.82. The summed E-state index contributed by atoms with van der Waals surface area (Å²) in [4.78, 5) is 14.3. The van der Waals surface area contributed by atoms with E-state index in [1.807, 2.05) is 0 Å². The zero-order valence-corrected chi connectivity index (χ0v) is 13.3. The highest BCUT2D eigenvalue weighted by atomic mass is 19.1. The molecule has 0 saturated heterocycles. The molecule has 0 aromatic heterocycles. The molecular weight excluding hydrogens is 291 g/mol. The number of halogens is 1. The number of fused-ring (bicyclic) bond motifs is 1. The molecular formula is C19H21FN2O. The Morgan fingerprint density at radius 3 is 2.78 bits per heavy atom. The van der Waals surface area contributed by atoms with Gasteiger partial charge in [-0.05, 0) is 49.1 Å². The van der Waals surface area contributed by atoms with Crippen LogP contribution in [0.25, 0.3) is 0 Å². The number of aryl methyl sites for hydroxylation is 2. The molecule has 4 heteroatoms. The van der Waals surface area contributed by atoms with Crippen LogP contribution in [0.15, 0.2) is 42.5 Å². The summed E-state index contributed by atoms with van der Waals surface area (Å²) < 4.78 is 12.9. The van der Waals surface area contributed by atoms with Gasteiger partial charge in [0.25, 0.3) is 0 Å². The molecule has 120 valence electrons. The molecule has 0 radical (unpaired) electrons. The number of rotatable bonds is 4. The maximum atomic E-state index is 12.9. The van der Waals surface area contributed by atoms with Crippen molar-refractivity contribution in [3.8, 4) is 0 Å². The van der Waals surface area contributed by atoms with Crippen molar-refractivity contribution in [2.45, 2.75) is 26.3 Å². The van der Waals surface area contributed by atoms with Crippen LogP contribution < -0.4 is 10.2 Å². The van der Waals surface area contributed by atoms with Gasteiger partial charge >= 0.3 is 0 Å².